The van der Waals surface area contributed by atoms with Gasteiger partial charge in [-0.3, -0.25) is 4.90 Å². The molecule has 0 amide bonds. The number of piperidine rings is 1. The third kappa shape index (κ3) is 1.93. The van der Waals surface area contributed by atoms with Gasteiger partial charge in [-0.25, -0.2) is 0 Å². The Morgan fingerprint density at radius 1 is 1.10 bits per heavy atom. The van der Waals surface area contributed by atoms with E-state index in [0.29, 0.717) is 6.42 Å². The zero-order valence-corrected chi connectivity index (χ0v) is 19.5. The molecule has 3 N–H and O–H groups in total. The van der Waals surface area contributed by atoms with Crippen LogP contribution in [0.15, 0.2) is 0 Å². The van der Waals surface area contributed by atoms with Gasteiger partial charge in [0, 0.05) is 57.5 Å². The van der Waals surface area contributed by atoms with Gasteiger partial charge >= 0.3 is 0 Å². The minimum Gasteiger partial charge on any atom is -0.390 e. The van der Waals surface area contributed by atoms with E-state index in [9.17, 15) is 15.3 Å². The van der Waals surface area contributed by atoms with Crippen molar-refractivity contribution >= 4 is 0 Å². The summed E-state index contributed by atoms with van der Waals surface area (Å²) in [6.45, 7) is 6.04. The van der Waals surface area contributed by atoms with E-state index in [0.717, 1.165) is 32.4 Å². The Bertz CT molecular complexity index is 781. The molecule has 0 radical (unpaired) electrons. The number of nitrogens with zero attached hydrogens (tertiary/aromatic N) is 1. The number of rotatable bonds is 4. The molecule has 7 nitrogen and oxygen atoms in total. The van der Waals surface area contributed by atoms with Gasteiger partial charge in [-0.1, -0.05) is 13.8 Å². The van der Waals surface area contributed by atoms with Crippen LogP contribution in [0, 0.1) is 34.5 Å². The van der Waals surface area contributed by atoms with E-state index in [1.54, 1.807) is 21.3 Å². The van der Waals surface area contributed by atoms with Crippen LogP contribution in [0.3, 0.4) is 0 Å². The van der Waals surface area contributed by atoms with Crippen molar-refractivity contribution < 1.29 is 29.5 Å². The lowest BCUT2D eigenvalue weighted by atomic mass is 9.43. The Morgan fingerprint density at radius 3 is 2.45 bits per heavy atom. The van der Waals surface area contributed by atoms with E-state index >= 15 is 0 Å². The Labute approximate surface area is 185 Å². The van der Waals surface area contributed by atoms with Crippen LogP contribution >= 0.6 is 0 Å². The fourth-order valence-electron chi connectivity index (χ4n) is 10.7. The molecule has 6 fully saturated rings. The fraction of sp³-hybridized carbons (Fsp3) is 1.00. The number of fused-ring (bicyclic) bond motifs is 2. The largest absolute Gasteiger partial charge is 0.390 e. The highest BCUT2D eigenvalue weighted by Crippen LogP contribution is 2.80. The number of ether oxygens (including phenoxy) is 3. The van der Waals surface area contributed by atoms with Crippen molar-refractivity contribution in [2.75, 3.05) is 34.4 Å². The third-order valence-corrected chi connectivity index (χ3v) is 11.3. The minimum atomic E-state index is -1.64. The maximum absolute atomic E-state index is 12.6. The van der Waals surface area contributed by atoms with Gasteiger partial charge < -0.3 is 29.5 Å². The van der Waals surface area contributed by atoms with Gasteiger partial charge in [0.25, 0.3) is 0 Å². The molecule has 31 heavy (non-hydrogen) atoms. The lowest BCUT2D eigenvalue weighted by Gasteiger charge is -2.70. The molecule has 176 valence electrons. The van der Waals surface area contributed by atoms with Crippen molar-refractivity contribution in [3.63, 3.8) is 0 Å². The fourth-order valence-corrected chi connectivity index (χ4v) is 10.7. The van der Waals surface area contributed by atoms with E-state index in [1.165, 1.54) is 0 Å². The first-order chi connectivity index (χ1) is 14.7. The molecule has 1 aliphatic heterocycles. The molecule has 5 saturated carbocycles. The van der Waals surface area contributed by atoms with E-state index in [4.69, 9.17) is 14.2 Å². The van der Waals surface area contributed by atoms with Gasteiger partial charge in [0.15, 0.2) is 0 Å². The summed E-state index contributed by atoms with van der Waals surface area (Å²) < 4.78 is 18.1. The maximum atomic E-state index is 12.6. The van der Waals surface area contributed by atoms with Crippen LogP contribution in [0.1, 0.15) is 39.5 Å². The van der Waals surface area contributed by atoms with Crippen molar-refractivity contribution in [2.24, 2.45) is 34.5 Å². The Morgan fingerprint density at radius 2 is 1.84 bits per heavy atom. The molecular formula is C24H39NO6. The third-order valence-electron chi connectivity index (χ3n) is 11.3. The summed E-state index contributed by atoms with van der Waals surface area (Å²) in [5.41, 5.74) is -3.64. The number of aliphatic hydroxyl groups is 3. The van der Waals surface area contributed by atoms with Crippen LogP contribution in [-0.4, -0.2) is 96.3 Å². The van der Waals surface area contributed by atoms with Gasteiger partial charge in [-0.15, -0.1) is 0 Å². The average Bonchev–Trinajstić information content (AvgIpc) is 3.16. The summed E-state index contributed by atoms with van der Waals surface area (Å²) in [5, 5.41) is 37.1. The molecule has 1 heterocycles. The molecule has 1 saturated heterocycles. The molecule has 5 aliphatic carbocycles. The minimum absolute atomic E-state index is 0.0546. The Hall–Kier alpha value is -0.280. The summed E-state index contributed by atoms with van der Waals surface area (Å²) in [5.74, 6) is -0.0415. The lowest BCUT2D eigenvalue weighted by molar-refractivity contribution is -0.318. The van der Waals surface area contributed by atoms with Gasteiger partial charge in [0.1, 0.15) is 11.2 Å². The molecular weight excluding hydrogens is 398 g/mol. The number of likely N-dealkylation sites (N-methyl/N-ethyl adjacent to an activating group) is 1. The molecule has 7 heteroatoms. The van der Waals surface area contributed by atoms with E-state index in [2.05, 4.69) is 18.7 Å². The average molecular weight is 438 g/mol. The van der Waals surface area contributed by atoms with Crippen LogP contribution in [-0.2, 0) is 14.2 Å². The molecule has 6 aliphatic rings. The van der Waals surface area contributed by atoms with Crippen molar-refractivity contribution in [3.05, 3.63) is 0 Å². The van der Waals surface area contributed by atoms with E-state index in [1.807, 2.05) is 0 Å². The first-order valence-corrected chi connectivity index (χ1v) is 12.2. The van der Waals surface area contributed by atoms with Crippen LogP contribution in [0.25, 0.3) is 0 Å². The summed E-state index contributed by atoms with van der Waals surface area (Å²) in [6, 6.07) is -0.332. The standard InChI is InChI=1S/C24H39NO6/c1-6-25-11-21(2)8-7-15(30-4)23-13-9-12-14(29-3)10-22(27,16(13)17(12)31-5)24(28,20(23)25)19(26)18(21)23/h12-20,26-28H,6-11H2,1-5H3/t12-,13-,14+,15+,16-,17+,18-,19+,20+,21+,22-,23+,24-/m1/s1. The lowest BCUT2D eigenvalue weighted by Crippen LogP contribution is -2.81. The number of hydrogen-bond donors (Lipinski definition) is 3. The van der Waals surface area contributed by atoms with Gasteiger partial charge in [0.05, 0.1) is 30.5 Å². The second-order valence-corrected chi connectivity index (χ2v) is 11.8. The van der Waals surface area contributed by atoms with Crippen molar-refractivity contribution in [3.8, 4) is 0 Å². The highest BCUT2D eigenvalue weighted by molar-refractivity contribution is 5.40. The topological polar surface area (TPSA) is 91.6 Å². The zero-order chi connectivity index (χ0) is 22.1. The summed E-state index contributed by atoms with van der Waals surface area (Å²) in [7, 11) is 5.18. The molecule has 0 aromatic heterocycles. The SMILES string of the molecule is CCN1C[C@]2(C)CC[C@H](OC)[C@@]34[C@@H]5C[C@H]6[C@H](OC)[C@@H]5[C@](O)(C[C@@H]6OC)[C@@](O)([C@@H](O)[C@H]23)[C@@H]14. The summed E-state index contributed by atoms with van der Waals surface area (Å²) >= 11 is 0. The number of likely N-dealkylation sites (tertiary alicyclic amines) is 1. The normalized spacial score (nSPS) is 64.1. The second-order valence-electron chi connectivity index (χ2n) is 11.8. The van der Waals surface area contributed by atoms with E-state index in [-0.39, 0.29) is 53.4 Å². The Balaban J connectivity index is 1.67. The summed E-state index contributed by atoms with van der Waals surface area (Å²) in [6.07, 6.45) is 1.67. The van der Waals surface area contributed by atoms with Crippen LogP contribution < -0.4 is 0 Å². The molecule has 0 unspecified atom stereocenters. The van der Waals surface area contributed by atoms with E-state index < -0.39 is 22.7 Å². The quantitative estimate of drug-likeness (QED) is 0.595. The van der Waals surface area contributed by atoms with Gasteiger partial charge in [-0.2, -0.15) is 0 Å². The first kappa shape index (κ1) is 21.3. The second kappa shape index (κ2) is 6.23. The molecule has 7 bridgehead atoms. The molecule has 1 spiro atoms. The van der Waals surface area contributed by atoms with Crippen molar-refractivity contribution in [1.29, 1.82) is 0 Å². The summed E-state index contributed by atoms with van der Waals surface area (Å²) in [4.78, 5) is 2.36. The monoisotopic (exact) mass is 437 g/mol. The van der Waals surface area contributed by atoms with Gasteiger partial charge in [-0.05, 0) is 37.1 Å². The highest BCUT2D eigenvalue weighted by atomic mass is 16.5. The predicted molar refractivity (Wildman–Crippen MR) is 112 cm³/mol. The number of methoxy groups -OCH3 is 3. The van der Waals surface area contributed by atoms with Crippen LogP contribution in [0.4, 0.5) is 0 Å². The predicted octanol–water partition coefficient (Wildman–Crippen LogP) is 0.645. The molecule has 13 atom stereocenters. The number of aliphatic hydroxyl groups excluding tert-OH is 1. The van der Waals surface area contributed by atoms with Crippen LogP contribution in [0.5, 0.6) is 0 Å². The number of hydrogen-bond acceptors (Lipinski definition) is 7. The van der Waals surface area contributed by atoms with Crippen molar-refractivity contribution in [2.45, 2.75) is 81.2 Å². The molecule has 0 aromatic rings. The van der Waals surface area contributed by atoms with Crippen molar-refractivity contribution in [1.82, 2.24) is 4.90 Å². The maximum Gasteiger partial charge on any atom is 0.136 e. The zero-order valence-electron chi connectivity index (χ0n) is 19.5. The molecule has 6 rings (SSSR count). The smallest absolute Gasteiger partial charge is 0.136 e. The first-order valence-electron chi connectivity index (χ1n) is 12.2. The Kier molecular flexibility index (Phi) is 4.28. The van der Waals surface area contributed by atoms with Gasteiger partial charge in [0.2, 0.25) is 0 Å². The molecule has 0 aromatic carbocycles. The van der Waals surface area contributed by atoms with Crippen LogP contribution in [0.2, 0.25) is 0 Å². The highest BCUT2D eigenvalue weighted by Gasteiger charge is 2.90.